The molecule has 0 aliphatic rings. The molecule has 0 amide bonds. The van der Waals surface area contributed by atoms with Crippen molar-refractivity contribution < 1.29 is 0 Å². The first-order valence-corrected chi connectivity index (χ1v) is 7.23. The molecule has 18 heavy (non-hydrogen) atoms. The van der Waals surface area contributed by atoms with Gasteiger partial charge in [-0.05, 0) is 24.6 Å². The molecule has 7 heteroatoms. The van der Waals surface area contributed by atoms with Crippen LogP contribution < -0.4 is 10.6 Å². The van der Waals surface area contributed by atoms with Crippen LogP contribution in [-0.4, -0.2) is 24.3 Å². The summed E-state index contributed by atoms with van der Waals surface area (Å²) in [4.78, 5) is 2.99. The van der Waals surface area contributed by atoms with Crippen LogP contribution in [0.25, 0.3) is 0 Å². The highest BCUT2D eigenvalue weighted by atomic mass is 35.5. The Morgan fingerprint density at radius 1 is 1.33 bits per heavy atom. The number of anilines is 2. The zero-order valence-electron chi connectivity index (χ0n) is 10.3. The summed E-state index contributed by atoms with van der Waals surface area (Å²) in [6, 6.07) is 3.74. The van der Waals surface area contributed by atoms with Crippen molar-refractivity contribution in [2.45, 2.75) is 16.2 Å². The van der Waals surface area contributed by atoms with Gasteiger partial charge >= 0.3 is 0 Å². The van der Waals surface area contributed by atoms with Crippen molar-refractivity contribution in [2.75, 3.05) is 24.7 Å². The lowest BCUT2D eigenvalue weighted by molar-refractivity contribution is 0.972. The molecule has 4 nitrogen and oxygen atoms in total. The number of hydrogen-bond acceptors (Lipinski definition) is 6. The first kappa shape index (κ1) is 13.5. The molecule has 0 spiro atoms. The van der Waals surface area contributed by atoms with E-state index < -0.39 is 0 Å². The van der Waals surface area contributed by atoms with Gasteiger partial charge in [-0.15, -0.1) is 10.2 Å². The Morgan fingerprint density at radius 3 is 2.67 bits per heavy atom. The topological polar surface area (TPSA) is 55.0 Å². The number of hydrogen-bond donors (Lipinski definition) is 1. The van der Waals surface area contributed by atoms with E-state index in [9.17, 15) is 0 Å². The molecule has 1 aromatic heterocycles. The molecular weight excluding hydrogens is 288 g/mol. The van der Waals surface area contributed by atoms with Crippen molar-refractivity contribution in [3.8, 4) is 0 Å². The van der Waals surface area contributed by atoms with Crippen molar-refractivity contribution in [3.63, 3.8) is 0 Å². The van der Waals surface area contributed by atoms with Crippen LogP contribution in [0.4, 0.5) is 10.8 Å². The Labute approximate surface area is 119 Å². The average molecular weight is 301 g/mol. The lowest BCUT2D eigenvalue weighted by Crippen LogP contribution is -2.07. The van der Waals surface area contributed by atoms with E-state index in [0.29, 0.717) is 10.7 Å². The van der Waals surface area contributed by atoms with E-state index in [1.54, 1.807) is 23.1 Å². The smallest absolute Gasteiger partial charge is 0.208 e. The molecule has 1 aromatic carbocycles. The summed E-state index contributed by atoms with van der Waals surface area (Å²) in [6.07, 6.45) is 0. The van der Waals surface area contributed by atoms with Gasteiger partial charge in [-0.25, -0.2) is 0 Å². The normalized spacial score (nSPS) is 10.7. The lowest BCUT2D eigenvalue weighted by Gasteiger charge is -2.06. The molecule has 1 heterocycles. The Balaban J connectivity index is 2.25. The van der Waals surface area contributed by atoms with Crippen LogP contribution in [0.5, 0.6) is 0 Å². The highest BCUT2D eigenvalue weighted by Gasteiger charge is 2.10. The summed E-state index contributed by atoms with van der Waals surface area (Å²) in [6.45, 7) is 2.00. The maximum atomic E-state index is 6.03. The fourth-order valence-corrected chi connectivity index (χ4v) is 3.37. The number of nitrogens with zero attached hydrogens (tertiary/aromatic N) is 3. The Hall–Kier alpha value is -0.980. The molecule has 0 aliphatic heterocycles. The third-order valence-electron chi connectivity index (χ3n) is 2.27. The van der Waals surface area contributed by atoms with Gasteiger partial charge in [0.2, 0.25) is 5.13 Å². The number of nitrogen functional groups attached to an aromatic ring is 1. The Bertz CT molecular complexity index is 568. The van der Waals surface area contributed by atoms with E-state index in [1.807, 2.05) is 38.1 Å². The van der Waals surface area contributed by atoms with Gasteiger partial charge in [0.05, 0.1) is 10.7 Å². The molecule has 2 aromatic rings. The quantitative estimate of drug-likeness (QED) is 0.882. The first-order chi connectivity index (χ1) is 8.47. The fraction of sp³-hybridized carbons (Fsp3) is 0.273. The zero-order valence-corrected chi connectivity index (χ0v) is 12.7. The van der Waals surface area contributed by atoms with E-state index in [1.165, 1.54) is 0 Å². The number of aromatic nitrogens is 2. The van der Waals surface area contributed by atoms with Gasteiger partial charge in [0.1, 0.15) is 0 Å². The maximum absolute atomic E-state index is 6.03. The molecular formula is C11H13ClN4S2. The van der Waals surface area contributed by atoms with Gasteiger partial charge in [0.15, 0.2) is 4.34 Å². The molecule has 0 aliphatic carbocycles. The van der Waals surface area contributed by atoms with Crippen LogP contribution in [0.3, 0.4) is 0 Å². The predicted molar refractivity (Wildman–Crippen MR) is 79.0 cm³/mol. The average Bonchev–Trinajstić information content (AvgIpc) is 2.74. The van der Waals surface area contributed by atoms with Crippen molar-refractivity contribution >= 4 is 45.5 Å². The molecule has 0 atom stereocenters. The van der Waals surface area contributed by atoms with E-state index in [2.05, 4.69) is 10.2 Å². The number of halogens is 1. The molecule has 0 bridgehead atoms. The summed E-state index contributed by atoms with van der Waals surface area (Å²) in [5, 5.41) is 9.69. The van der Waals surface area contributed by atoms with E-state index in [-0.39, 0.29) is 0 Å². The highest BCUT2D eigenvalue weighted by Crippen LogP contribution is 2.37. The Kier molecular flexibility index (Phi) is 3.99. The molecule has 0 saturated heterocycles. The first-order valence-electron chi connectivity index (χ1n) is 5.21. The molecule has 96 valence electrons. The standard InChI is InChI=1S/C11H13ClN4S2/c1-6-4-8(13)7(12)5-9(6)17-11-15-14-10(18-11)16(2)3/h4-5H,13H2,1-3H3. The SMILES string of the molecule is Cc1cc(N)c(Cl)cc1Sc1nnc(N(C)C)s1. The molecule has 0 saturated carbocycles. The van der Waals surface area contributed by atoms with E-state index in [4.69, 9.17) is 17.3 Å². The molecule has 2 N–H and O–H groups in total. The van der Waals surface area contributed by atoms with Gasteiger partial charge in [-0.1, -0.05) is 34.7 Å². The number of benzene rings is 1. The zero-order chi connectivity index (χ0) is 13.3. The largest absolute Gasteiger partial charge is 0.398 e. The fourth-order valence-electron chi connectivity index (χ4n) is 1.31. The van der Waals surface area contributed by atoms with Crippen molar-refractivity contribution in [1.82, 2.24) is 10.2 Å². The van der Waals surface area contributed by atoms with Gasteiger partial charge < -0.3 is 10.6 Å². The minimum absolute atomic E-state index is 0.570. The third-order valence-corrected chi connectivity index (χ3v) is 4.90. The van der Waals surface area contributed by atoms with Crippen LogP contribution in [-0.2, 0) is 0 Å². The second kappa shape index (κ2) is 5.34. The number of nitrogens with two attached hydrogens (primary N) is 1. The lowest BCUT2D eigenvalue weighted by atomic mass is 10.2. The minimum atomic E-state index is 0.570. The third kappa shape index (κ3) is 2.88. The van der Waals surface area contributed by atoms with Crippen LogP contribution >= 0.6 is 34.7 Å². The number of rotatable bonds is 3. The van der Waals surface area contributed by atoms with Crippen molar-refractivity contribution in [1.29, 1.82) is 0 Å². The molecule has 0 radical (unpaired) electrons. The summed E-state index contributed by atoms with van der Waals surface area (Å²) in [7, 11) is 3.89. The highest BCUT2D eigenvalue weighted by molar-refractivity contribution is 8.01. The van der Waals surface area contributed by atoms with Crippen molar-refractivity contribution in [3.05, 3.63) is 22.7 Å². The second-order valence-corrected chi connectivity index (χ2v) is 6.64. The summed E-state index contributed by atoms with van der Waals surface area (Å²) in [5.41, 5.74) is 7.44. The van der Waals surface area contributed by atoms with Crippen molar-refractivity contribution in [2.24, 2.45) is 0 Å². The number of aryl methyl sites for hydroxylation is 1. The van der Waals surface area contributed by atoms with E-state index >= 15 is 0 Å². The van der Waals surface area contributed by atoms with Crippen LogP contribution in [0.1, 0.15) is 5.56 Å². The summed E-state index contributed by atoms with van der Waals surface area (Å²) < 4.78 is 0.891. The summed E-state index contributed by atoms with van der Waals surface area (Å²) >= 11 is 9.13. The monoisotopic (exact) mass is 300 g/mol. The maximum Gasteiger partial charge on any atom is 0.208 e. The van der Waals surface area contributed by atoms with Crippen LogP contribution in [0.2, 0.25) is 5.02 Å². The summed E-state index contributed by atoms with van der Waals surface area (Å²) in [5.74, 6) is 0. The van der Waals surface area contributed by atoms with Gasteiger partial charge in [-0.3, -0.25) is 0 Å². The van der Waals surface area contributed by atoms with Gasteiger partial charge in [-0.2, -0.15) is 0 Å². The molecule has 0 unspecified atom stereocenters. The molecule has 0 fully saturated rings. The minimum Gasteiger partial charge on any atom is -0.398 e. The van der Waals surface area contributed by atoms with Gasteiger partial charge in [0.25, 0.3) is 0 Å². The second-order valence-electron chi connectivity index (χ2n) is 3.99. The molecule has 2 rings (SSSR count). The van der Waals surface area contributed by atoms with Crippen LogP contribution in [0, 0.1) is 6.92 Å². The Morgan fingerprint density at radius 2 is 2.06 bits per heavy atom. The van der Waals surface area contributed by atoms with E-state index in [0.717, 1.165) is 19.9 Å². The van der Waals surface area contributed by atoms with Crippen LogP contribution in [0.15, 0.2) is 21.4 Å². The van der Waals surface area contributed by atoms with Gasteiger partial charge in [0, 0.05) is 19.0 Å². The predicted octanol–water partition coefficient (Wildman–Crippen LogP) is 3.30.